The molecule has 0 heterocycles. The van der Waals surface area contributed by atoms with Crippen molar-refractivity contribution in [2.75, 3.05) is 26.9 Å². The lowest BCUT2D eigenvalue weighted by molar-refractivity contribution is -0.0258. The van der Waals surface area contributed by atoms with Gasteiger partial charge in [-0.25, -0.2) is 0 Å². The molecule has 1 aromatic carbocycles. The highest BCUT2D eigenvalue weighted by molar-refractivity contribution is 5.20. The molecule has 0 radical (unpaired) electrons. The lowest BCUT2D eigenvalue weighted by Gasteiger charge is -2.31. The van der Waals surface area contributed by atoms with E-state index in [1.165, 1.54) is 5.56 Å². The second kappa shape index (κ2) is 9.08. The molecule has 0 spiro atoms. The molecule has 1 rings (SSSR count). The molecule has 0 aliphatic carbocycles. The lowest BCUT2D eigenvalue weighted by Crippen LogP contribution is -2.37. The Morgan fingerprint density at radius 1 is 1.11 bits per heavy atom. The van der Waals surface area contributed by atoms with Crippen LogP contribution in [0.25, 0.3) is 0 Å². The van der Waals surface area contributed by atoms with Gasteiger partial charge in [0.1, 0.15) is 0 Å². The van der Waals surface area contributed by atoms with Crippen LogP contribution >= 0.6 is 0 Å². The molecule has 0 aliphatic heterocycles. The summed E-state index contributed by atoms with van der Waals surface area (Å²) in [6.07, 6.45) is 0.150. The topological polar surface area (TPSA) is 30.5 Å². The van der Waals surface area contributed by atoms with Crippen LogP contribution in [0.15, 0.2) is 30.3 Å². The molecule has 0 saturated carbocycles. The number of methoxy groups -OCH3 is 1. The first kappa shape index (κ1) is 16.2. The Morgan fingerprint density at radius 2 is 1.79 bits per heavy atom. The standard InChI is InChI=1S/C16H27NO2/c1-5-17-15(14-9-7-6-8-10-14)16(13(2)3)19-12-11-18-4/h6-10,13,15-17H,5,11-12H2,1-4H3. The van der Waals surface area contributed by atoms with Crippen molar-refractivity contribution in [3.05, 3.63) is 35.9 Å². The Morgan fingerprint density at radius 3 is 2.32 bits per heavy atom. The molecular weight excluding hydrogens is 238 g/mol. The molecule has 1 aromatic rings. The third kappa shape index (κ3) is 5.31. The van der Waals surface area contributed by atoms with Gasteiger partial charge in [0.05, 0.1) is 25.4 Å². The van der Waals surface area contributed by atoms with Gasteiger partial charge in [-0.2, -0.15) is 0 Å². The normalized spacial score (nSPS) is 14.6. The SMILES string of the molecule is CCNC(c1ccccc1)C(OCCOC)C(C)C. The highest BCUT2D eigenvalue weighted by Gasteiger charge is 2.25. The Labute approximate surface area is 117 Å². The summed E-state index contributed by atoms with van der Waals surface area (Å²) in [4.78, 5) is 0. The number of ether oxygens (including phenoxy) is 2. The van der Waals surface area contributed by atoms with Crippen LogP contribution in [0, 0.1) is 5.92 Å². The molecule has 0 aliphatic rings. The maximum absolute atomic E-state index is 6.03. The summed E-state index contributed by atoms with van der Waals surface area (Å²) >= 11 is 0. The number of nitrogens with one attached hydrogen (secondary N) is 1. The molecular formula is C16H27NO2. The van der Waals surface area contributed by atoms with Gasteiger partial charge >= 0.3 is 0 Å². The number of rotatable bonds is 9. The van der Waals surface area contributed by atoms with E-state index >= 15 is 0 Å². The minimum absolute atomic E-state index is 0.150. The Balaban J connectivity index is 2.80. The van der Waals surface area contributed by atoms with Crippen LogP contribution in [-0.4, -0.2) is 33.0 Å². The van der Waals surface area contributed by atoms with E-state index in [0.717, 1.165) is 6.54 Å². The van der Waals surface area contributed by atoms with Crippen molar-refractivity contribution in [2.45, 2.75) is 32.9 Å². The summed E-state index contributed by atoms with van der Waals surface area (Å²) in [7, 11) is 1.70. The monoisotopic (exact) mass is 265 g/mol. The zero-order valence-corrected chi connectivity index (χ0v) is 12.6. The van der Waals surface area contributed by atoms with E-state index in [9.17, 15) is 0 Å². The number of likely N-dealkylation sites (N-methyl/N-ethyl adjacent to an activating group) is 1. The van der Waals surface area contributed by atoms with E-state index in [-0.39, 0.29) is 12.1 Å². The van der Waals surface area contributed by atoms with E-state index in [1.807, 2.05) is 6.07 Å². The molecule has 2 unspecified atom stereocenters. The van der Waals surface area contributed by atoms with Crippen molar-refractivity contribution in [3.63, 3.8) is 0 Å². The Kier molecular flexibility index (Phi) is 7.72. The van der Waals surface area contributed by atoms with Crippen LogP contribution in [0.1, 0.15) is 32.4 Å². The summed E-state index contributed by atoms with van der Waals surface area (Å²) in [5, 5.41) is 3.54. The van der Waals surface area contributed by atoms with Crippen LogP contribution in [0.3, 0.4) is 0 Å². The fraction of sp³-hybridized carbons (Fsp3) is 0.625. The molecule has 19 heavy (non-hydrogen) atoms. The van der Waals surface area contributed by atoms with Crippen molar-refractivity contribution in [2.24, 2.45) is 5.92 Å². The van der Waals surface area contributed by atoms with Crippen molar-refractivity contribution >= 4 is 0 Å². The molecule has 0 saturated heterocycles. The van der Waals surface area contributed by atoms with Gasteiger partial charge in [0, 0.05) is 7.11 Å². The highest BCUT2D eigenvalue weighted by Crippen LogP contribution is 2.24. The predicted molar refractivity (Wildman–Crippen MR) is 79.3 cm³/mol. The second-order valence-corrected chi connectivity index (χ2v) is 5.02. The molecule has 2 atom stereocenters. The summed E-state index contributed by atoms with van der Waals surface area (Å²) in [6.45, 7) is 8.72. The largest absolute Gasteiger partial charge is 0.382 e. The zero-order valence-electron chi connectivity index (χ0n) is 12.6. The number of hydrogen-bond acceptors (Lipinski definition) is 3. The maximum Gasteiger partial charge on any atom is 0.0793 e. The molecule has 0 amide bonds. The van der Waals surface area contributed by atoms with E-state index in [2.05, 4.69) is 50.4 Å². The van der Waals surface area contributed by atoms with Crippen molar-refractivity contribution in [1.82, 2.24) is 5.32 Å². The van der Waals surface area contributed by atoms with Crippen LogP contribution in [0.4, 0.5) is 0 Å². The van der Waals surface area contributed by atoms with E-state index in [4.69, 9.17) is 9.47 Å². The third-order valence-corrected chi connectivity index (χ3v) is 3.17. The van der Waals surface area contributed by atoms with Gasteiger partial charge in [0.25, 0.3) is 0 Å². The molecule has 108 valence electrons. The Bertz CT molecular complexity index is 327. The smallest absolute Gasteiger partial charge is 0.0793 e. The summed E-state index contributed by atoms with van der Waals surface area (Å²) < 4.78 is 11.1. The van der Waals surface area contributed by atoms with Gasteiger partial charge < -0.3 is 14.8 Å². The van der Waals surface area contributed by atoms with Crippen LogP contribution in [0.2, 0.25) is 0 Å². The fourth-order valence-corrected chi connectivity index (χ4v) is 2.25. The molecule has 3 nitrogen and oxygen atoms in total. The third-order valence-electron chi connectivity index (χ3n) is 3.17. The Hall–Kier alpha value is -0.900. The first-order chi connectivity index (χ1) is 9.20. The van der Waals surface area contributed by atoms with E-state index < -0.39 is 0 Å². The van der Waals surface area contributed by atoms with Gasteiger partial charge in [-0.3, -0.25) is 0 Å². The molecule has 0 aromatic heterocycles. The van der Waals surface area contributed by atoms with Crippen molar-refractivity contribution < 1.29 is 9.47 Å². The average Bonchev–Trinajstić information content (AvgIpc) is 2.42. The molecule has 0 fully saturated rings. The zero-order chi connectivity index (χ0) is 14.1. The van der Waals surface area contributed by atoms with E-state index in [0.29, 0.717) is 19.1 Å². The average molecular weight is 265 g/mol. The first-order valence-electron chi connectivity index (χ1n) is 7.09. The quantitative estimate of drug-likeness (QED) is 0.696. The minimum Gasteiger partial charge on any atom is -0.382 e. The maximum atomic E-state index is 6.03. The fourth-order valence-electron chi connectivity index (χ4n) is 2.25. The number of benzene rings is 1. The predicted octanol–water partition coefficient (Wildman–Crippen LogP) is 3.02. The first-order valence-corrected chi connectivity index (χ1v) is 7.09. The molecule has 1 N–H and O–H groups in total. The molecule has 3 heteroatoms. The van der Waals surface area contributed by atoms with Crippen LogP contribution < -0.4 is 5.32 Å². The van der Waals surface area contributed by atoms with Gasteiger partial charge in [0.15, 0.2) is 0 Å². The van der Waals surface area contributed by atoms with Gasteiger partial charge in [-0.15, -0.1) is 0 Å². The van der Waals surface area contributed by atoms with Crippen LogP contribution in [-0.2, 0) is 9.47 Å². The summed E-state index contributed by atoms with van der Waals surface area (Å²) in [5.41, 5.74) is 1.28. The minimum atomic E-state index is 0.150. The van der Waals surface area contributed by atoms with Crippen molar-refractivity contribution in [1.29, 1.82) is 0 Å². The summed E-state index contributed by atoms with van der Waals surface area (Å²) in [5.74, 6) is 0.445. The highest BCUT2D eigenvalue weighted by atomic mass is 16.5. The van der Waals surface area contributed by atoms with Gasteiger partial charge in [-0.1, -0.05) is 51.1 Å². The van der Waals surface area contributed by atoms with Gasteiger partial charge in [0.2, 0.25) is 0 Å². The van der Waals surface area contributed by atoms with Gasteiger partial charge in [-0.05, 0) is 18.0 Å². The van der Waals surface area contributed by atoms with E-state index in [1.54, 1.807) is 7.11 Å². The second-order valence-electron chi connectivity index (χ2n) is 5.02. The van der Waals surface area contributed by atoms with Crippen molar-refractivity contribution in [3.8, 4) is 0 Å². The van der Waals surface area contributed by atoms with Crippen LogP contribution in [0.5, 0.6) is 0 Å². The molecule has 0 bridgehead atoms. The lowest BCUT2D eigenvalue weighted by atomic mass is 9.93. The number of hydrogen-bond donors (Lipinski definition) is 1. The summed E-state index contributed by atoms with van der Waals surface area (Å²) in [6, 6.07) is 10.7.